The first-order chi connectivity index (χ1) is 10.3. The zero-order valence-electron chi connectivity index (χ0n) is 13.8. The number of carbonyl (C=O) groups excluding carboxylic acids is 1. The van der Waals surface area contributed by atoms with Crippen LogP contribution in [-0.2, 0) is 4.74 Å². The van der Waals surface area contributed by atoms with E-state index in [1.165, 1.54) is 0 Å². The molecule has 5 nitrogen and oxygen atoms in total. The zero-order chi connectivity index (χ0) is 16.3. The smallest absolute Gasteiger partial charge is 0.410 e. The number of benzene rings is 1. The topological polar surface area (TPSA) is 64.8 Å². The van der Waals surface area contributed by atoms with Crippen LogP contribution < -0.4 is 10.5 Å². The molecule has 1 aliphatic rings. The van der Waals surface area contributed by atoms with Gasteiger partial charge in [-0.1, -0.05) is 12.1 Å². The molecule has 122 valence electrons. The molecule has 0 aliphatic carbocycles. The summed E-state index contributed by atoms with van der Waals surface area (Å²) in [6.45, 7) is 6.86. The van der Waals surface area contributed by atoms with Gasteiger partial charge in [0.05, 0.1) is 7.11 Å². The van der Waals surface area contributed by atoms with Crippen molar-refractivity contribution in [3.05, 3.63) is 29.8 Å². The standard InChI is InChI=1S/C17H26N2O3/c1-17(2,3)22-16(20)19-10-9-15(18)14(11-19)12-5-7-13(21-4)8-6-12/h5-8,14-15H,9-11,18H2,1-4H3. The maximum Gasteiger partial charge on any atom is 0.410 e. The fourth-order valence-electron chi connectivity index (χ4n) is 2.67. The molecule has 0 aromatic heterocycles. The van der Waals surface area contributed by atoms with Gasteiger partial charge in [0.25, 0.3) is 0 Å². The van der Waals surface area contributed by atoms with Gasteiger partial charge in [0.2, 0.25) is 0 Å². The van der Waals surface area contributed by atoms with Crippen molar-refractivity contribution in [2.45, 2.75) is 44.8 Å². The van der Waals surface area contributed by atoms with Crippen molar-refractivity contribution in [1.82, 2.24) is 4.90 Å². The van der Waals surface area contributed by atoms with E-state index < -0.39 is 5.60 Å². The monoisotopic (exact) mass is 306 g/mol. The molecule has 2 unspecified atom stereocenters. The Labute approximate surface area is 132 Å². The van der Waals surface area contributed by atoms with E-state index in [2.05, 4.69) is 0 Å². The summed E-state index contributed by atoms with van der Waals surface area (Å²) in [7, 11) is 1.64. The molecule has 5 heteroatoms. The lowest BCUT2D eigenvalue weighted by Gasteiger charge is -2.37. The fraction of sp³-hybridized carbons (Fsp3) is 0.588. The number of rotatable bonds is 2. The summed E-state index contributed by atoms with van der Waals surface area (Å²) in [6.07, 6.45) is 0.508. The Morgan fingerprint density at radius 2 is 1.91 bits per heavy atom. The molecular formula is C17H26N2O3. The zero-order valence-corrected chi connectivity index (χ0v) is 13.8. The van der Waals surface area contributed by atoms with E-state index in [-0.39, 0.29) is 18.1 Å². The Bertz CT molecular complexity index is 508. The minimum atomic E-state index is -0.480. The summed E-state index contributed by atoms with van der Waals surface area (Å²) >= 11 is 0. The number of carbonyl (C=O) groups is 1. The largest absolute Gasteiger partial charge is 0.497 e. The van der Waals surface area contributed by atoms with Gasteiger partial charge in [-0.05, 0) is 44.9 Å². The third-order valence-electron chi connectivity index (χ3n) is 3.86. The molecule has 2 atom stereocenters. The average molecular weight is 306 g/mol. The highest BCUT2D eigenvalue weighted by Crippen LogP contribution is 2.28. The molecule has 0 bridgehead atoms. The molecule has 22 heavy (non-hydrogen) atoms. The first kappa shape index (κ1) is 16.6. The molecule has 1 aromatic rings. The van der Waals surface area contributed by atoms with Gasteiger partial charge in [0.1, 0.15) is 11.4 Å². The molecule has 1 aromatic carbocycles. The maximum atomic E-state index is 12.2. The third kappa shape index (κ3) is 4.13. The predicted molar refractivity (Wildman–Crippen MR) is 86.1 cm³/mol. The molecule has 1 fully saturated rings. The highest BCUT2D eigenvalue weighted by atomic mass is 16.6. The number of methoxy groups -OCH3 is 1. The summed E-state index contributed by atoms with van der Waals surface area (Å²) in [4.78, 5) is 14.0. The van der Waals surface area contributed by atoms with Crippen molar-refractivity contribution in [1.29, 1.82) is 0 Å². The summed E-state index contributed by atoms with van der Waals surface area (Å²) in [5, 5.41) is 0. The van der Waals surface area contributed by atoms with Gasteiger partial charge >= 0.3 is 6.09 Å². The van der Waals surface area contributed by atoms with Crippen LogP contribution >= 0.6 is 0 Å². The average Bonchev–Trinajstić information content (AvgIpc) is 2.46. The second-order valence-corrected chi connectivity index (χ2v) is 6.76. The number of likely N-dealkylation sites (tertiary alicyclic amines) is 1. The molecule has 0 radical (unpaired) electrons. The number of nitrogens with zero attached hydrogens (tertiary/aromatic N) is 1. The molecule has 0 spiro atoms. The normalized spacial score (nSPS) is 22.3. The minimum absolute atomic E-state index is 0.0482. The van der Waals surface area contributed by atoms with Crippen LogP contribution in [-0.4, -0.2) is 42.8 Å². The quantitative estimate of drug-likeness (QED) is 0.912. The van der Waals surface area contributed by atoms with E-state index >= 15 is 0 Å². The lowest BCUT2D eigenvalue weighted by atomic mass is 9.86. The van der Waals surface area contributed by atoms with Crippen molar-refractivity contribution in [2.75, 3.05) is 20.2 Å². The molecular weight excluding hydrogens is 280 g/mol. The lowest BCUT2D eigenvalue weighted by molar-refractivity contribution is 0.0186. The Morgan fingerprint density at radius 1 is 1.27 bits per heavy atom. The van der Waals surface area contributed by atoms with Crippen molar-refractivity contribution < 1.29 is 14.3 Å². The van der Waals surface area contributed by atoms with Gasteiger partial charge in [0, 0.05) is 25.0 Å². The van der Waals surface area contributed by atoms with Crippen molar-refractivity contribution in [3.8, 4) is 5.75 Å². The van der Waals surface area contributed by atoms with Crippen LogP contribution in [0.25, 0.3) is 0 Å². The summed E-state index contributed by atoms with van der Waals surface area (Å²) in [5.74, 6) is 0.935. The predicted octanol–water partition coefficient (Wildman–Crippen LogP) is 2.75. The Hall–Kier alpha value is -1.75. The van der Waals surface area contributed by atoms with Gasteiger partial charge in [-0.2, -0.15) is 0 Å². The summed E-state index contributed by atoms with van der Waals surface area (Å²) < 4.78 is 10.6. The van der Waals surface area contributed by atoms with E-state index in [1.54, 1.807) is 12.0 Å². The van der Waals surface area contributed by atoms with Crippen molar-refractivity contribution in [3.63, 3.8) is 0 Å². The van der Waals surface area contributed by atoms with Crippen LogP contribution in [0.3, 0.4) is 0 Å². The lowest BCUT2D eigenvalue weighted by Crippen LogP contribution is -2.49. The number of piperidine rings is 1. The fourth-order valence-corrected chi connectivity index (χ4v) is 2.67. The number of ether oxygens (including phenoxy) is 2. The Balaban J connectivity index is 2.08. The molecule has 1 heterocycles. The highest BCUT2D eigenvalue weighted by Gasteiger charge is 2.32. The second kappa shape index (κ2) is 6.57. The molecule has 2 rings (SSSR count). The molecule has 1 saturated heterocycles. The van der Waals surface area contributed by atoms with E-state index in [0.717, 1.165) is 17.7 Å². The van der Waals surface area contributed by atoms with Crippen LogP contribution in [0, 0.1) is 0 Å². The number of amides is 1. The van der Waals surface area contributed by atoms with E-state index in [4.69, 9.17) is 15.2 Å². The Kier molecular flexibility index (Phi) is 4.96. The third-order valence-corrected chi connectivity index (χ3v) is 3.86. The van der Waals surface area contributed by atoms with Gasteiger partial charge < -0.3 is 20.1 Å². The molecule has 2 N–H and O–H groups in total. The van der Waals surface area contributed by atoms with Crippen molar-refractivity contribution >= 4 is 6.09 Å². The molecule has 1 amide bonds. The minimum Gasteiger partial charge on any atom is -0.497 e. The Morgan fingerprint density at radius 3 is 2.45 bits per heavy atom. The maximum absolute atomic E-state index is 12.2. The highest BCUT2D eigenvalue weighted by molar-refractivity contribution is 5.68. The first-order valence-electron chi connectivity index (χ1n) is 7.67. The molecule has 0 saturated carbocycles. The first-order valence-corrected chi connectivity index (χ1v) is 7.67. The van der Waals surface area contributed by atoms with Gasteiger partial charge in [-0.25, -0.2) is 4.79 Å². The second-order valence-electron chi connectivity index (χ2n) is 6.76. The van der Waals surface area contributed by atoms with E-state index in [0.29, 0.717) is 13.1 Å². The van der Waals surface area contributed by atoms with Gasteiger partial charge in [-0.3, -0.25) is 0 Å². The van der Waals surface area contributed by atoms with E-state index in [1.807, 2.05) is 45.0 Å². The van der Waals surface area contributed by atoms with Crippen molar-refractivity contribution in [2.24, 2.45) is 5.73 Å². The van der Waals surface area contributed by atoms with Crippen LogP contribution in [0.15, 0.2) is 24.3 Å². The van der Waals surface area contributed by atoms with E-state index in [9.17, 15) is 4.79 Å². The summed E-state index contributed by atoms with van der Waals surface area (Å²) in [6, 6.07) is 7.93. The molecule has 1 aliphatic heterocycles. The van der Waals surface area contributed by atoms with Crippen LogP contribution in [0.2, 0.25) is 0 Å². The summed E-state index contributed by atoms with van der Waals surface area (Å²) in [5.41, 5.74) is 6.91. The van der Waals surface area contributed by atoms with Gasteiger partial charge in [-0.15, -0.1) is 0 Å². The SMILES string of the molecule is COc1ccc(C2CN(C(=O)OC(C)(C)C)CCC2N)cc1. The van der Waals surface area contributed by atoms with Crippen LogP contribution in [0.5, 0.6) is 5.75 Å². The van der Waals surface area contributed by atoms with Crippen LogP contribution in [0.1, 0.15) is 38.7 Å². The number of hydrogen-bond donors (Lipinski definition) is 1. The van der Waals surface area contributed by atoms with Gasteiger partial charge in [0.15, 0.2) is 0 Å². The number of hydrogen-bond acceptors (Lipinski definition) is 4. The number of nitrogens with two attached hydrogens (primary N) is 1. The van der Waals surface area contributed by atoms with Crippen LogP contribution in [0.4, 0.5) is 4.79 Å².